The third-order valence-electron chi connectivity index (χ3n) is 2.97. The highest BCUT2D eigenvalue weighted by Crippen LogP contribution is 2.18. The third-order valence-corrected chi connectivity index (χ3v) is 4.03. The molecule has 0 spiro atoms. The Bertz CT molecular complexity index is 525. The minimum Gasteiger partial charge on any atom is -0.497 e. The van der Waals surface area contributed by atoms with Gasteiger partial charge in [0.2, 0.25) is 0 Å². The van der Waals surface area contributed by atoms with Gasteiger partial charge in [-0.15, -0.1) is 11.3 Å². The van der Waals surface area contributed by atoms with Crippen LogP contribution in [-0.2, 0) is 13.0 Å². The van der Waals surface area contributed by atoms with Gasteiger partial charge in [-0.2, -0.15) is 0 Å². The molecule has 0 unspecified atom stereocenters. The fourth-order valence-electron chi connectivity index (χ4n) is 1.86. The van der Waals surface area contributed by atoms with Gasteiger partial charge < -0.3 is 14.8 Å². The second-order valence-corrected chi connectivity index (χ2v) is 5.87. The fourth-order valence-corrected chi connectivity index (χ4v) is 2.73. The Kier molecular flexibility index (Phi) is 6.50. The molecule has 0 saturated heterocycles. The van der Waals surface area contributed by atoms with E-state index in [-0.39, 0.29) is 0 Å². The summed E-state index contributed by atoms with van der Waals surface area (Å²) in [6, 6.07) is 7.63. The predicted octanol–water partition coefficient (Wildman–Crippen LogP) is 3.27. The van der Waals surface area contributed by atoms with E-state index in [2.05, 4.69) is 17.2 Å². The van der Waals surface area contributed by atoms with Gasteiger partial charge >= 0.3 is 0 Å². The molecule has 0 saturated carbocycles. The van der Waals surface area contributed by atoms with E-state index in [0.29, 0.717) is 6.61 Å². The molecule has 21 heavy (non-hydrogen) atoms. The highest BCUT2D eigenvalue weighted by molar-refractivity contribution is 7.11. The van der Waals surface area contributed by atoms with Gasteiger partial charge in [-0.25, -0.2) is 4.98 Å². The molecular weight excluding hydrogens is 284 g/mol. The van der Waals surface area contributed by atoms with Gasteiger partial charge in [0, 0.05) is 24.0 Å². The average molecular weight is 306 g/mol. The van der Waals surface area contributed by atoms with Gasteiger partial charge in [-0.05, 0) is 37.2 Å². The topological polar surface area (TPSA) is 43.4 Å². The van der Waals surface area contributed by atoms with E-state index >= 15 is 0 Å². The fraction of sp³-hybridized carbons (Fsp3) is 0.438. The Morgan fingerprint density at radius 2 is 1.95 bits per heavy atom. The van der Waals surface area contributed by atoms with Crippen molar-refractivity contribution in [3.05, 3.63) is 40.3 Å². The molecule has 0 aliphatic heterocycles. The Balaban J connectivity index is 1.72. The zero-order chi connectivity index (χ0) is 14.9. The van der Waals surface area contributed by atoms with Gasteiger partial charge in [0.05, 0.1) is 18.7 Å². The van der Waals surface area contributed by atoms with Crippen LogP contribution in [0.1, 0.15) is 23.2 Å². The number of hydrogen-bond donors (Lipinski definition) is 1. The van der Waals surface area contributed by atoms with Gasteiger partial charge in [0.15, 0.2) is 0 Å². The van der Waals surface area contributed by atoms with Gasteiger partial charge in [-0.3, -0.25) is 0 Å². The summed E-state index contributed by atoms with van der Waals surface area (Å²) in [4.78, 5) is 5.71. The Morgan fingerprint density at radius 3 is 2.67 bits per heavy atom. The molecule has 1 N–H and O–H groups in total. The van der Waals surface area contributed by atoms with E-state index in [1.165, 1.54) is 4.88 Å². The van der Waals surface area contributed by atoms with Crippen LogP contribution in [0.15, 0.2) is 30.5 Å². The van der Waals surface area contributed by atoms with Crippen molar-refractivity contribution in [3.8, 4) is 11.5 Å². The zero-order valence-electron chi connectivity index (χ0n) is 12.6. The summed E-state index contributed by atoms with van der Waals surface area (Å²) in [5.41, 5.74) is 0. The lowest BCUT2D eigenvalue weighted by Gasteiger charge is -2.05. The van der Waals surface area contributed by atoms with Crippen LogP contribution >= 0.6 is 11.3 Å². The van der Waals surface area contributed by atoms with Crippen molar-refractivity contribution in [2.45, 2.75) is 26.3 Å². The molecule has 1 aromatic heterocycles. The Morgan fingerprint density at radius 1 is 1.19 bits per heavy atom. The van der Waals surface area contributed by atoms with Crippen LogP contribution in [-0.4, -0.2) is 25.2 Å². The number of nitrogens with zero attached hydrogens (tertiary/aromatic N) is 1. The largest absolute Gasteiger partial charge is 0.497 e. The maximum atomic E-state index is 5.71. The van der Waals surface area contributed by atoms with Crippen LogP contribution in [0.25, 0.3) is 0 Å². The molecule has 114 valence electrons. The normalized spacial score (nSPS) is 10.6. The molecule has 0 aliphatic rings. The van der Waals surface area contributed by atoms with Crippen molar-refractivity contribution >= 4 is 11.3 Å². The second-order valence-electron chi connectivity index (χ2n) is 4.67. The van der Waals surface area contributed by atoms with Crippen LogP contribution < -0.4 is 14.8 Å². The van der Waals surface area contributed by atoms with Crippen molar-refractivity contribution in [1.29, 1.82) is 0 Å². The summed E-state index contributed by atoms with van der Waals surface area (Å²) in [6.07, 6.45) is 3.95. The number of aromatic nitrogens is 1. The Labute approximate surface area is 130 Å². The quantitative estimate of drug-likeness (QED) is 0.722. The molecule has 0 radical (unpaired) electrons. The standard InChI is InChI=1S/C16H22N2O2S/c1-3-9-17-11-15-12-18-16(21-15)8-10-20-14-6-4-13(19-2)5-7-14/h4-7,12,17H,3,8-11H2,1-2H3. The molecule has 0 amide bonds. The van der Waals surface area contributed by atoms with Crippen molar-refractivity contribution in [1.82, 2.24) is 10.3 Å². The van der Waals surface area contributed by atoms with Crippen LogP contribution in [0.3, 0.4) is 0 Å². The smallest absolute Gasteiger partial charge is 0.119 e. The number of ether oxygens (including phenoxy) is 2. The first-order valence-corrected chi connectivity index (χ1v) is 8.04. The summed E-state index contributed by atoms with van der Waals surface area (Å²) < 4.78 is 10.8. The molecule has 0 atom stereocenters. The molecule has 5 heteroatoms. The summed E-state index contributed by atoms with van der Waals surface area (Å²) in [6.45, 7) is 4.77. The van der Waals surface area contributed by atoms with E-state index in [4.69, 9.17) is 9.47 Å². The average Bonchev–Trinajstić information content (AvgIpc) is 2.96. The number of benzene rings is 1. The summed E-state index contributed by atoms with van der Waals surface area (Å²) in [5, 5.41) is 4.51. The molecule has 2 rings (SSSR count). The minimum absolute atomic E-state index is 0.641. The molecule has 4 nitrogen and oxygen atoms in total. The summed E-state index contributed by atoms with van der Waals surface area (Å²) in [5.74, 6) is 1.70. The Hall–Kier alpha value is -1.59. The van der Waals surface area contributed by atoms with Gasteiger partial charge in [0.25, 0.3) is 0 Å². The van der Waals surface area contributed by atoms with E-state index in [0.717, 1.165) is 42.4 Å². The summed E-state index contributed by atoms with van der Waals surface area (Å²) in [7, 11) is 1.66. The highest BCUT2D eigenvalue weighted by atomic mass is 32.1. The van der Waals surface area contributed by atoms with E-state index in [1.807, 2.05) is 30.5 Å². The molecule has 2 aromatic rings. The number of thiazole rings is 1. The van der Waals surface area contributed by atoms with E-state index in [1.54, 1.807) is 18.4 Å². The van der Waals surface area contributed by atoms with Gasteiger partial charge in [0.1, 0.15) is 11.5 Å². The maximum Gasteiger partial charge on any atom is 0.119 e. The lowest BCUT2D eigenvalue weighted by molar-refractivity contribution is 0.321. The van der Waals surface area contributed by atoms with Crippen LogP contribution in [0.5, 0.6) is 11.5 Å². The zero-order valence-corrected chi connectivity index (χ0v) is 13.4. The maximum absolute atomic E-state index is 5.71. The highest BCUT2D eigenvalue weighted by Gasteiger charge is 2.02. The van der Waals surface area contributed by atoms with Crippen LogP contribution in [0, 0.1) is 0 Å². The summed E-state index contributed by atoms with van der Waals surface area (Å²) >= 11 is 1.75. The van der Waals surface area contributed by atoms with Crippen molar-refractivity contribution in [2.24, 2.45) is 0 Å². The monoisotopic (exact) mass is 306 g/mol. The van der Waals surface area contributed by atoms with E-state index < -0.39 is 0 Å². The third kappa shape index (κ3) is 5.36. The number of rotatable bonds is 9. The predicted molar refractivity (Wildman–Crippen MR) is 86.3 cm³/mol. The second kappa shape index (κ2) is 8.64. The number of hydrogen-bond acceptors (Lipinski definition) is 5. The first-order valence-electron chi connectivity index (χ1n) is 7.23. The van der Waals surface area contributed by atoms with Crippen LogP contribution in [0.2, 0.25) is 0 Å². The molecule has 1 aromatic carbocycles. The molecular formula is C16H22N2O2S. The first kappa shape index (κ1) is 15.8. The molecule has 0 aliphatic carbocycles. The lowest BCUT2D eigenvalue weighted by Crippen LogP contribution is -2.12. The van der Waals surface area contributed by atoms with Crippen LogP contribution in [0.4, 0.5) is 0 Å². The number of methoxy groups -OCH3 is 1. The lowest BCUT2D eigenvalue weighted by atomic mass is 10.3. The number of nitrogens with one attached hydrogen (secondary N) is 1. The minimum atomic E-state index is 0.641. The SMILES string of the molecule is CCCNCc1cnc(CCOc2ccc(OC)cc2)s1. The first-order chi connectivity index (χ1) is 10.3. The van der Waals surface area contributed by atoms with Crippen molar-refractivity contribution < 1.29 is 9.47 Å². The van der Waals surface area contributed by atoms with Crippen molar-refractivity contribution in [2.75, 3.05) is 20.3 Å². The molecule has 0 bridgehead atoms. The van der Waals surface area contributed by atoms with Gasteiger partial charge in [-0.1, -0.05) is 6.92 Å². The molecule has 0 fully saturated rings. The molecule has 1 heterocycles. The van der Waals surface area contributed by atoms with E-state index in [9.17, 15) is 0 Å². The van der Waals surface area contributed by atoms with Crippen molar-refractivity contribution in [3.63, 3.8) is 0 Å².